The van der Waals surface area contributed by atoms with Gasteiger partial charge in [-0.05, 0) is 0 Å². The Balaban J connectivity index is 2.70. The van der Waals surface area contributed by atoms with Crippen molar-refractivity contribution < 1.29 is 23.1 Å². The molecule has 6 heteroatoms. The maximum absolute atomic E-state index is 11.4. The molecule has 0 spiro atoms. The molecule has 0 radical (unpaired) electrons. The fourth-order valence-corrected chi connectivity index (χ4v) is 2.02. The molecular weight excluding hydrogens is 171 g/mol. The molecule has 0 aromatic carbocycles. The molecule has 0 aromatic heterocycles. The smallest absolute Gasteiger partial charge is 0.347 e. The van der Waals surface area contributed by atoms with Crippen molar-refractivity contribution in [1.82, 2.24) is 0 Å². The molecule has 1 heterocycles. The fraction of sp³-hybridized carbons (Fsp3) is 0.800. The number of hydrogen-bond acceptors (Lipinski definition) is 5. The molecule has 64 valence electrons. The molecular formula is C5H9O5P. The second-order valence-electron chi connectivity index (χ2n) is 2.05. The highest BCUT2D eigenvalue weighted by atomic mass is 31.2. The fourth-order valence-electron chi connectivity index (χ4n) is 0.775. The van der Waals surface area contributed by atoms with Crippen molar-refractivity contribution in [3.05, 3.63) is 0 Å². The van der Waals surface area contributed by atoms with Crippen molar-refractivity contribution in [3.63, 3.8) is 0 Å². The number of cyclic esters (lactones) is 1. The molecule has 0 saturated carbocycles. The summed E-state index contributed by atoms with van der Waals surface area (Å²) in [5, 5.41) is 0. The largest absolute Gasteiger partial charge is 0.463 e. The molecule has 1 unspecified atom stereocenters. The Morgan fingerprint density at radius 3 is 2.18 bits per heavy atom. The summed E-state index contributed by atoms with van der Waals surface area (Å²) in [6.45, 7) is 0.123. The normalized spacial score (nSPS) is 24.2. The molecule has 1 saturated heterocycles. The number of hydrogen-bond donors (Lipinski definition) is 0. The van der Waals surface area contributed by atoms with Gasteiger partial charge >= 0.3 is 13.6 Å². The van der Waals surface area contributed by atoms with Crippen LogP contribution in [0.1, 0.15) is 0 Å². The lowest BCUT2D eigenvalue weighted by atomic mass is 10.4. The van der Waals surface area contributed by atoms with Gasteiger partial charge in [0.05, 0.1) is 0 Å². The summed E-state index contributed by atoms with van der Waals surface area (Å²) in [5.41, 5.74) is -0.725. The zero-order chi connectivity index (χ0) is 8.48. The van der Waals surface area contributed by atoms with Crippen molar-refractivity contribution in [2.24, 2.45) is 0 Å². The van der Waals surface area contributed by atoms with Crippen LogP contribution in [0.15, 0.2) is 0 Å². The third-order valence-corrected chi connectivity index (χ3v) is 3.69. The summed E-state index contributed by atoms with van der Waals surface area (Å²) in [5.74, 6) is -0.517. The van der Waals surface area contributed by atoms with Gasteiger partial charge in [0.25, 0.3) is 0 Å². The highest BCUT2D eigenvalue weighted by Crippen LogP contribution is 2.54. The van der Waals surface area contributed by atoms with Gasteiger partial charge in [-0.25, -0.2) is 0 Å². The molecule has 1 aliphatic heterocycles. The van der Waals surface area contributed by atoms with Gasteiger partial charge in [0.2, 0.25) is 0 Å². The monoisotopic (exact) mass is 180 g/mol. The number of esters is 1. The predicted molar refractivity (Wildman–Crippen MR) is 36.4 cm³/mol. The quantitative estimate of drug-likeness (QED) is 0.464. The van der Waals surface area contributed by atoms with Crippen LogP contribution in [0.3, 0.4) is 0 Å². The van der Waals surface area contributed by atoms with Crippen LogP contribution in [0.5, 0.6) is 0 Å². The Kier molecular flexibility index (Phi) is 2.32. The van der Waals surface area contributed by atoms with Crippen molar-refractivity contribution >= 4 is 13.6 Å². The van der Waals surface area contributed by atoms with Crippen LogP contribution < -0.4 is 0 Å². The van der Waals surface area contributed by atoms with Crippen molar-refractivity contribution in [2.75, 3.05) is 20.8 Å². The maximum Gasteiger partial charge on any atom is 0.347 e. The molecule has 11 heavy (non-hydrogen) atoms. The molecule has 0 amide bonds. The zero-order valence-corrected chi connectivity index (χ0v) is 7.17. The van der Waals surface area contributed by atoms with E-state index in [1.54, 1.807) is 0 Å². The molecule has 0 aliphatic carbocycles. The second-order valence-corrected chi connectivity index (χ2v) is 4.48. The maximum atomic E-state index is 11.4. The van der Waals surface area contributed by atoms with Gasteiger partial charge in [0.1, 0.15) is 6.61 Å². The van der Waals surface area contributed by atoms with Gasteiger partial charge in [-0.1, -0.05) is 0 Å². The Morgan fingerprint density at radius 2 is 2.09 bits per heavy atom. The summed E-state index contributed by atoms with van der Waals surface area (Å²) < 4.78 is 25.0. The predicted octanol–water partition coefficient (Wildman–Crippen LogP) is 0.398. The SMILES string of the molecule is COP(=O)(OC)C1COC1=O. The summed E-state index contributed by atoms with van der Waals surface area (Å²) in [6, 6.07) is 0. The lowest BCUT2D eigenvalue weighted by Crippen LogP contribution is -2.40. The van der Waals surface area contributed by atoms with Crippen molar-refractivity contribution in [3.8, 4) is 0 Å². The first-order valence-electron chi connectivity index (χ1n) is 3.02. The number of ether oxygens (including phenoxy) is 1. The number of carbonyl (C=O) groups is 1. The minimum atomic E-state index is -3.22. The van der Waals surface area contributed by atoms with Crippen molar-refractivity contribution in [2.45, 2.75) is 5.66 Å². The average molecular weight is 180 g/mol. The van der Waals surface area contributed by atoms with Crippen molar-refractivity contribution in [1.29, 1.82) is 0 Å². The molecule has 0 N–H and O–H groups in total. The highest BCUT2D eigenvalue weighted by Gasteiger charge is 2.48. The van der Waals surface area contributed by atoms with Crippen LogP contribution >= 0.6 is 7.60 Å². The Bertz CT molecular complexity index is 205. The summed E-state index contributed by atoms with van der Waals surface area (Å²) in [6.07, 6.45) is 0. The van der Waals surface area contributed by atoms with E-state index in [0.717, 1.165) is 0 Å². The summed E-state index contributed by atoms with van der Waals surface area (Å²) >= 11 is 0. The van der Waals surface area contributed by atoms with Gasteiger partial charge in [-0.15, -0.1) is 0 Å². The Morgan fingerprint density at radius 1 is 1.55 bits per heavy atom. The molecule has 1 rings (SSSR count). The minimum Gasteiger partial charge on any atom is -0.463 e. The zero-order valence-electron chi connectivity index (χ0n) is 6.27. The van der Waals surface area contributed by atoms with Gasteiger partial charge < -0.3 is 13.8 Å². The van der Waals surface area contributed by atoms with E-state index in [0.29, 0.717) is 0 Å². The van der Waals surface area contributed by atoms with E-state index in [2.05, 4.69) is 13.8 Å². The van der Waals surface area contributed by atoms with Gasteiger partial charge in [0.15, 0.2) is 5.66 Å². The molecule has 0 bridgehead atoms. The topological polar surface area (TPSA) is 61.8 Å². The summed E-state index contributed by atoms with van der Waals surface area (Å²) in [7, 11) is -0.724. The van der Waals surface area contributed by atoms with Crippen LogP contribution in [0.2, 0.25) is 0 Å². The van der Waals surface area contributed by atoms with Crippen LogP contribution in [-0.2, 0) is 23.1 Å². The van der Waals surface area contributed by atoms with Crippen LogP contribution in [0, 0.1) is 0 Å². The first-order valence-corrected chi connectivity index (χ1v) is 4.63. The standard InChI is InChI=1S/C5H9O5P/c1-8-11(7,9-2)4-3-10-5(4)6/h4H,3H2,1-2H3. The van der Waals surface area contributed by atoms with E-state index >= 15 is 0 Å². The first kappa shape index (κ1) is 8.71. The Labute approximate surface area is 64.2 Å². The van der Waals surface area contributed by atoms with Crippen LogP contribution in [0.4, 0.5) is 0 Å². The van der Waals surface area contributed by atoms with E-state index in [4.69, 9.17) is 0 Å². The minimum absolute atomic E-state index is 0.123. The average Bonchev–Trinajstić information content (AvgIpc) is 2.01. The number of carbonyl (C=O) groups excluding carboxylic acids is 1. The number of rotatable bonds is 3. The van der Waals surface area contributed by atoms with E-state index in [1.807, 2.05) is 0 Å². The van der Waals surface area contributed by atoms with Crippen LogP contribution in [0.25, 0.3) is 0 Å². The third-order valence-electron chi connectivity index (χ3n) is 1.55. The lowest BCUT2D eigenvalue weighted by Gasteiger charge is -2.28. The van der Waals surface area contributed by atoms with Gasteiger partial charge in [-0.3, -0.25) is 9.36 Å². The molecule has 1 fully saturated rings. The Hall–Kier alpha value is -0.380. The van der Waals surface area contributed by atoms with E-state index in [9.17, 15) is 9.36 Å². The van der Waals surface area contributed by atoms with Crippen LogP contribution in [-0.4, -0.2) is 32.5 Å². The molecule has 0 aromatic rings. The van der Waals surface area contributed by atoms with E-state index in [-0.39, 0.29) is 6.61 Å². The first-order chi connectivity index (χ1) is 5.14. The highest BCUT2D eigenvalue weighted by molar-refractivity contribution is 7.55. The second kappa shape index (κ2) is 2.93. The third kappa shape index (κ3) is 1.31. The molecule has 1 atom stereocenters. The molecule has 5 nitrogen and oxygen atoms in total. The lowest BCUT2D eigenvalue weighted by molar-refractivity contribution is -0.157. The van der Waals surface area contributed by atoms with E-state index in [1.165, 1.54) is 14.2 Å². The summed E-state index contributed by atoms with van der Waals surface area (Å²) in [4.78, 5) is 10.6. The van der Waals surface area contributed by atoms with Gasteiger partial charge in [-0.2, -0.15) is 0 Å². The van der Waals surface area contributed by atoms with E-state index < -0.39 is 19.2 Å². The van der Waals surface area contributed by atoms with Gasteiger partial charge in [0, 0.05) is 14.2 Å². The molecule has 1 aliphatic rings.